The van der Waals surface area contributed by atoms with Crippen molar-refractivity contribution in [3.8, 4) is 0 Å². The van der Waals surface area contributed by atoms with Crippen LogP contribution in [0.1, 0.15) is 19.8 Å². The van der Waals surface area contributed by atoms with E-state index in [2.05, 4.69) is 6.58 Å². The Morgan fingerprint density at radius 2 is 1.91 bits per heavy atom. The fraction of sp³-hybridized carbons (Fsp3) is 0.500. The number of imide groups is 1. The molecule has 60 valence electrons. The van der Waals surface area contributed by atoms with Crippen LogP contribution in [-0.2, 0) is 9.59 Å². The minimum Gasteiger partial charge on any atom is -0.278 e. The van der Waals surface area contributed by atoms with E-state index >= 15 is 0 Å². The monoisotopic (exact) mass is 153 g/mol. The minimum absolute atomic E-state index is 0.0713. The Bertz CT molecular complexity index is 204. The molecule has 0 aliphatic carbocycles. The molecule has 1 saturated heterocycles. The van der Waals surface area contributed by atoms with E-state index in [1.54, 1.807) is 6.92 Å². The molecule has 0 unspecified atom stereocenters. The molecule has 1 rings (SSSR count). The molecule has 3 heteroatoms. The predicted molar refractivity (Wildman–Crippen MR) is 40.8 cm³/mol. The van der Waals surface area contributed by atoms with Gasteiger partial charge in [0, 0.05) is 19.4 Å². The van der Waals surface area contributed by atoms with E-state index in [0.717, 1.165) is 5.57 Å². The third-order valence-corrected chi connectivity index (χ3v) is 1.58. The van der Waals surface area contributed by atoms with Gasteiger partial charge in [-0.15, -0.1) is 0 Å². The van der Waals surface area contributed by atoms with Crippen molar-refractivity contribution < 1.29 is 9.59 Å². The molecule has 0 aromatic heterocycles. The highest BCUT2D eigenvalue weighted by atomic mass is 16.2. The number of hydrogen-bond acceptors (Lipinski definition) is 2. The molecule has 11 heavy (non-hydrogen) atoms. The Labute approximate surface area is 65.7 Å². The van der Waals surface area contributed by atoms with Gasteiger partial charge in [0.2, 0.25) is 11.8 Å². The molecule has 1 aliphatic rings. The third kappa shape index (κ3) is 1.67. The van der Waals surface area contributed by atoms with Gasteiger partial charge in [-0.25, -0.2) is 0 Å². The Balaban J connectivity index is 2.62. The van der Waals surface area contributed by atoms with E-state index in [0.29, 0.717) is 19.4 Å². The topological polar surface area (TPSA) is 37.4 Å². The van der Waals surface area contributed by atoms with Gasteiger partial charge >= 0.3 is 0 Å². The predicted octanol–water partition coefficient (Wildman–Crippen LogP) is 0.712. The molecule has 0 N–H and O–H groups in total. The summed E-state index contributed by atoms with van der Waals surface area (Å²) in [5, 5.41) is 0. The van der Waals surface area contributed by atoms with Gasteiger partial charge < -0.3 is 0 Å². The summed E-state index contributed by atoms with van der Waals surface area (Å²) in [7, 11) is 0. The normalized spacial score (nSPS) is 17.7. The molecule has 1 fully saturated rings. The van der Waals surface area contributed by atoms with Crippen molar-refractivity contribution in [3.05, 3.63) is 12.2 Å². The van der Waals surface area contributed by atoms with Gasteiger partial charge in [-0.2, -0.15) is 0 Å². The summed E-state index contributed by atoms with van der Waals surface area (Å²) in [6.07, 6.45) is 0.734. The van der Waals surface area contributed by atoms with E-state index in [1.807, 2.05) is 0 Å². The second kappa shape index (κ2) is 2.86. The van der Waals surface area contributed by atoms with Crippen LogP contribution in [0.25, 0.3) is 0 Å². The molecular weight excluding hydrogens is 142 g/mol. The van der Waals surface area contributed by atoms with Gasteiger partial charge in [0.05, 0.1) is 0 Å². The van der Waals surface area contributed by atoms with E-state index in [1.165, 1.54) is 4.90 Å². The Morgan fingerprint density at radius 1 is 1.45 bits per heavy atom. The van der Waals surface area contributed by atoms with Crippen LogP contribution < -0.4 is 0 Å². The molecule has 0 aromatic carbocycles. The lowest BCUT2D eigenvalue weighted by molar-refractivity contribution is -0.137. The molecule has 1 aliphatic heterocycles. The van der Waals surface area contributed by atoms with Crippen LogP contribution in [0.2, 0.25) is 0 Å². The van der Waals surface area contributed by atoms with Crippen LogP contribution in [0.3, 0.4) is 0 Å². The average molecular weight is 153 g/mol. The Kier molecular flexibility index (Phi) is 2.08. The number of amides is 2. The molecule has 2 amide bonds. The van der Waals surface area contributed by atoms with Gasteiger partial charge in [0.1, 0.15) is 0 Å². The number of carbonyl (C=O) groups is 2. The first-order valence-electron chi connectivity index (χ1n) is 3.59. The highest BCUT2D eigenvalue weighted by Gasteiger charge is 2.28. The quantitative estimate of drug-likeness (QED) is 0.433. The summed E-state index contributed by atoms with van der Waals surface area (Å²) in [6, 6.07) is 0. The van der Waals surface area contributed by atoms with Crippen LogP contribution in [0.15, 0.2) is 12.2 Å². The molecule has 1 heterocycles. The second-order valence-corrected chi connectivity index (χ2v) is 2.83. The molecule has 0 saturated carbocycles. The number of rotatable bonds is 2. The average Bonchev–Trinajstić information content (AvgIpc) is 2.18. The molecule has 0 atom stereocenters. The second-order valence-electron chi connectivity index (χ2n) is 2.83. The fourth-order valence-corrected chi connectivity index (χ4v) is 1.07. The van der Waals surface area contributed by atoms with Crippen molar-refractivity contribution in [1.82, 2.24) is 4.90 Å². The van der Waals surface area contributed by atoms with Crippen molar-refractivity contribution in [1.29, 1.82) is 0 Å². The zero-order valence-electron chi connectivity index (χ0n) is 6.59. The van der Waals surface area contributed by atoms with Crippen molar-refractivity contribution in [2.24, 2.45) is 0 Å². The summed E-state index contributed by atoms with van der Waals surface area (Å²) in [5.74, 6) is -0.143. The van der Waals surface area contributed by atoms with Crippen molar-refractivity contribution >= 4 is 11.8 Å². The third-order valence-electron chi connectivity index (χ3n) is 1.58. The maximum Gasteiger partial charge on any atom is 0.229 e. The zero-order valence-corrected chi connectivity index (χ0v) is 6.59. The van der Waals surface area contributed by atoms with Crippen molar-refractivity contribution in [2.45, 2.75) is 19.8 Å². The van der Waals surface area contributed by atoms with Gasteiger partial charge in [-0.05, 0) is 6.92 Å². The lowest BCUT2D eigenvalue weighted by atomic mass is 10.3. The first kappa shape index (κ1) is 7.98. The molecule has 3 nitrogen and oxygen atoms in total. The van der Waals surface area contributed by atoms with Crippen LogP contribution in [0.5, 0.6) is 0 Å². The summed E-state index contributed by atoms with van der Waals surface area (Å²) < 4.78 is 0. The Hall–Kier alpha value is -1.12. The summed E-state index contributed by atoms with van der Waals surface area (Å²) in [5.41, 5.74) is 0.841. The molecular formula is C8H11NO2. The Morgan fingerprint density at radius 3 is 2.27 bits per heavy atom. The lowest BCUT2D eigenvalue weighted by Crippen LogP contribution is -2.30. The number of hydrogen-bond donors (Lipinski definition) is 0. The summed E-state index contributed by atoms with van der Waals surface area (Å²) in [4.78, 5) is 23.2. The van der Waals surface area contributed by atoms with Crippen LogP contribution in [-0.4, -0.2) is 23.3 Å². The number of carbonyl (C=O) groups excluding carboxylic acids is 2. The maximum atomic E-state index is 11.0. The first-order valence-corrected chi connectivity index (χ1v) is 3.59. The standard InChI is InChI=1S/C8H11NO2/c1-6(2)5-9-7(10)3-4-8(9)11/h1,3-5H2,2H3. The number of nitrogens with zero attached hydrogens (tertiary/aromatic N) is 1. The van der Waals surface area contributed by atoms with Crippen LogP contribution in [0, 0.1) is 0 Å². The summed E-state index contributed by atoms with van der Waals surface area (Å²) in [6.45, 7) is 5.83. The largest absolute Gasteiger partial charge is 0.278 e. The molecule has 0 aromatic rings. The van der Waals surface area contributed by atoms with E-state index in [-0.39, 0.29) is 11.8 Å². The van der Waals surface area contributed by atoms with Crippen molar-refractivity contribution in [2.75, 3.05) is 6.54 Å². The van der Waals surface area contributed by atoms with Gasteiger partial charge in [-0.1, -0.05) is 12.2 Å². The SMILES string of the molecule is C=C(C)CN1C(=O)CCC1=O. The first-order chi connectivity index (χ1) is 5.11. The maximum absolute atomic E-state index is 11.0. The van der Waals surface area contributed by atoms with Crippen LogP contribution in [0.4, 0.5) is 0 Å². The van der Waals surface area contributed by atoms with Crippen molar-refractivity contribution in [3.63, 3.8) is 0 Å². The zero-order chi connectivity index (χ0) is 8.43. The molecule has 0 spiro atoms. The fourth-order valence-electron chi connectivity index (χ4n) is 1.07. The van der Waals surface area contributed by atoms with Crippen LogP contribution >= 0.6 is 0 Å². The van der Waals surface area contributed by atoms with E-state index in [4.69, 9.17) is 0 Å². The van der Waals surface area contributed by atoms with E-state index < -0.39 is 0 Å². The van der Waals surface area contributed by atoms with Gasteiger partial charge in [-0.3, -0.25) is 14.5 Å². The highest BCUT2D eigenvalue weighted by Crippen LogP contribution is 2.12. The van der Waals surface area contributed by atoms with E-state index in [9.17, 15) is 9.59 Å². The molecule has 0 bridgehead atoms. The smallest absolute Gasteiger partial charge is 0.229 e. The number of likely N-dealkylation sites (tertiary alicyclic amines) is 1. The van der Waals surface area contributed by atoms with Gasteiger partial charge in [0.25, 0.3) is 0 Å². The van der Waals surface area contributed by atoms with Gasteiger partial charge in [0.15, 0.2) is 0 Å². The minimum atomic E-state index is -0.0713. The lowest BCUT2D eigenvalue weighted by Gasteiger charge is -2.12. The molecule has 0 radical (unpaired) electrons. The highest BCUT2D eigenvalue weighted by molar-refractivity contribution is 6.02. The summed E-state index contributed by atoms with van der Waals surface area (Å²) >= 11 is 0.